The third kappa shape index (κ3) is 4.47. The number of benzene rings is 1. The van der Waals surface area contributed by atoms with Gasteiger partial charge < -0.3 is 18.9 Å². The van der Waals surface area contributed by atoms with Gasteiger partial charge >= 0.3 is 6.09 Å². The van der Waals surface area contributed by atoms with E-state index in [4.69, 9.17) is 4.74 Å². The van der Waals surface area contributed by atoms with Gasteiger partial charge in [0.2, 0.25) is 5.91 Å². The van der Waals surface area contributed by atoms with Gasteiger partial charge in [0, 0.05) is 50.9 Å². The first-order valence-corrected chi connectivity index (χ1v) is 11.2. The lowest BCUT2D eigenvalue weighted by Gasteiger charge is -2.35. The number of carbonyl (C=O) groups is 2. The summed E-state index contributed by atoms with van der Waals surface area (Å²) in [7, 11) is 0. The van der Waals surface area contributed by atoms with E-state index in [1.165, 1.54) is 0 Å². The number of rotatable bonds is 5. The van der Waals surface area contributed by atoms with Crippen molar-refractivity contribution in [3.05, 3.63) is 71.2 Å². The summed E-state index contributed by atoms with van der Waals surface area (Å²) in [5, 5.41) is 0. The molecule has 2 aromatic heterocycles. The van der Waals surface area contributed by atoms with Crippen LogP contribution in [0.3, 0.4) is 0 Å². The second-order valence-corrected chi connectivity index (χ2v) is 8.30. The van der Waals surface area contributed by atoms with Crippen LogP contribution < -0.4 is 0 Å². The summed E-state index contributed by atoms with van der Waals surface area (Å²) in [5.74, 6) is -0.0201. The Kier molecular flexibility index (Phi) is 6.44. The van der Waals surface area contributed by atoms with E-state index < -0.39 is 0 Å². The molecule has 1 fully saturated rings. The van der Waals surface area contributed by atoms with Crippen LogP contribution in [0.2, 0.25) is 0 Å². The Morgan fingerprint density at radius 1 is 1.06 bits per heavy atom. The van der Waals surface area contributed by atoms with Gasteiger partial charge in [0.1, 0.15) is 5.65 Å². The monoisotopic (exact) mass is 434 g/mol. The summed E-state index contributed by atoms with van der Waals surface area (Å²) in [6.45, 7) is 8.31. The van der Waals surface area contributed by atoms with Gasteiger partial charge in [-0.25, -0.2) is 9.78 Å². The van der Waals surface area contributed by atoms with Crippen LogP contribution in [-0.4, -0.2) is 64.0 Å². The normalized spacial score (nSPS) is 15.1. The second kappa shape index (κ2) is 9.42. The summed E-state index contributed by atoms with van der Waals surface area (Å²) < 4.78 is 7.16. The number of amides is 2. The number of aromatic nitrogens is 2. The number of fused-ring (bicyclic) bond motifs is 1. The van der Waals surface area contributed by atoms with Crippen molar-refractivity contribution >= 4 is 17.6 Å². The minimum atomic E-state index is -0.307. The highest BCUT2D eigenvalue weighted by Gasteiger charge is 2.29. The van der Waals surface area contributed by atoms with E-state index in [9.17, 15) is 9.59 Å². The number of pyridine rings is 1. The van der Waals surface area contributed by atoms with Crippen molar-refractivity contribution in [2.45, 2.75) is 33.1 Å². The topological polar surface area (TPSA) is 67.2 Å². The van der Waals surface area contributed by atoms with E-state index in [1.54, 1.807) is 11.8 Å². The van der Waals surface area contributed by atoms with E-state index in [0.717, 1.165) is 28.0 Å². The maximum atomic E-state index is 13.3. The molecule has 3 aromatic rings. The summed E-state index contributed by atoms with van der Waals surface area (Å²) >= 11 is 0. The summed E-state index contributed by atoms with van der Waals surface area (Å²) in [4.78, 5) is 33.4. The maximum absolute atomic E-state index is 13.3. The number of ether oxygens (including phenoxy) is 1. The van der Waals surface area contributed by atoms with Gasteiger partial charge in [0.05, 0.1) is 12.3 Å². The fourth-order valence-electron chi connectivity index (χ4n) is 4.37. The van der Waals surface area contributed by atoms with Gasteiger partial charge in [-0.1, -0.05) is 24.3 Å². The van der Waals surface area contributed by atoms with Crippen molar-refractivity contribution in [2.24, 2.45) is 0 Å². The summed E-state index contributed by atoms with van der Waals surface area (Å²) in [6, 6.07) is 12.3. The molecule has 1 aromatic carbocycles. The molecule has 1 atom stereocenters. The summed E-state index contributed by atoms with van der Waals surface area (Å²) in [5.41, 5.74) is 5.33. The van der Waals surface area contributed by atoms with E-state index in [2.05, 4.69) is 40.6 Å². The molecule has 1 unspecified atom stereocenters. The van der Waals surface area contributed by atoms with Crippen molar-refractivity contribution in [3.63, 3.8) is 0 Å². The molecule has 1 aliphatic rings. The molecule has 168 valence electrons. The number of imidazole rings is 1. The lowest BCUT2D eigenvalue weighted by Crippen LogP contribution is -2.51. The summed E-state index contributed by atoms with van der Waals surface area (Å²) in [6.07, 6.45) is 3.96. The Bertz CT molecular complexity index is 1120. The fourth-order valence-corrected chi connectivity index (χ4v) is 4.37. The van der Waals surface area contributed by atoms with E-state index in [-0.39, 0.29) is 17.9 Å². The van der Waals surface area contributed by atoms with Crippen LogP contribution in [0.4, 0.5) is 4.79 Å². The molecule has 0 bridgehead atoms. The molecule has 0 spiro atoms. The zero-order valence-electron chi connectivity index (χ0n) is 19.0. The lowest BCUT2D eigenvalue weighted by atomic mass is 9.89. The highest BCUT2D eigenvalue weighted by molar-refractivity contribution is 5.78. The number of nitrogens with zero attached hydrogens (tertiary/aromatic N) is 4. The number of hydrogen-bond donors (Lipinski definition) is 0. The van der Waals surface area contributed by atoms with Crippen molar-refractivity contribution in [1.29, 1.82) is 0 Å². The quantitative estimate of drug-likeness (QED) is 0.613. The van der Waals surface area contributed by atoms with Gasteiger partial charge in [-0.15, -0.1) is 0 Å². The molecule has 7 heteroatoms. The van der Waals surface area contributed by atoms with E-state index in [0.29, 0.717) is 39.2 Å². The van der Waals surface area contributed by atoms with Crippen LogP contribution in [0.15, 0.2) is 48.8 Å². The van der Waals surface area contributed by atoms with Gasteiger partial charge in [-0.05, 0) is 49.6 Å². The Morgan fingerprint density at radius 2 is 1.78 bits per heavy atom. The average molecular weight is 435 g/mol. The van der Waals surface area contributed by atoms with Crippen molar-refractivity contribution in [1.82, 2.24) is 19.2 Å². The van der Waals surface area contributed by atoms with Crippen LogP contribution in [0, 0.1) is 13.8 Å². The molecule has 4 rings (SSSR count). The first-order chi connectivity index (χ1) is 15.5. The molecule has 2 amide bonds. The first-order valence-electron chi connectivity index (χ1n) is 11.2. The number of piperazine rings is 1. The van der Waals surface area contributed by atoms with Gasteiger partial charge in [-0.2, -0.15) is 0 Å². The third-order valence-corrected chi connectivity index (χ3v) is 6.16. The Morgan fingerprint density at radius 3 is 2.50 bits per heavy atom. The smallest absolute Gasteiger partial charge is 0.409 e. The third-order valence-electron chi connectivity index (χ3n) is 6.16. The van der Waals surface area contributed by atoms with Crippen molar-refractivity contribution in [2.75, 3.05) is 32.8 Å². The van der Waals surface area contributed by atoms with Crippen LogP contribution in [0.25, 0.3) is 5.65 Å². The van der Waals surface area contributed by atoms with Crippen LogP contribution in [-0.2, 0) is 9.53 Å². The molecule has 7 nitrogen and oxygen atoms in total. The fraction of sp³-hybridized carbons (Fsp3) is 0.400. The van der Waals surface area contributed by atoms with E-state index in [1.807, 2.05) is 36.4 Å². The molecule has 3 heterocycles. The lowest BCUT2D eigenvalue weighted by molar-refractivity contribution is -0.133. The van der Waals surface area contributed by atoms with E-state index >= 15 is 0 Å². The number of aryl methyl sites for hydroxylation is 2. The predicted molar refractivity (Wildman–Crippen MR) is 123 cm³/mol. The SMILES string of the molecule is CCOC(=O)N1CCN(C(=O)CC(c2ccccc2C)c2cnc3cc(C)ccn23)CC1. The van der Waals surface area contributed by atoms with Crippen molar-refractivity contribution < 1.29 is 14.3 Å². The molecular formula is C25H30N4O3. The molecule has 0 N–H and O–H groups in total. The Labute approximate surface area is 188 Å². The zero-order chi connectivity index (χ0) is 22.7. The Balaban J connectivity index is 1.57. The molecule has 1 aliphatic heterocycles. The number of carbonyl (C=O) groups excluding carboxylic acids is 2. The van der Waals surface area contributed by atoms with Crippen LogP contribution in [0.1, 0.15) is 41.6 Å². The molecule has 32 heavy (non-hydrogen) atoms. The molecular weight excluding hydrogens is 404 g/mol. The van der Waals surface area contributed by atoms with Crippen LogP contribution >= 0.6 is 0 Å². The molecule has 0 radical (unpaired) electrons. The zero-order valence-corrected chi connectivity index (χ0v) is 19.0. The van der Waals surface area contributed by atoms with Crippen LogP contribution in [0.5, 0.6) is 0 Å². The molecule has 0 saturated carbocycles. The highest BCUT2D eigenvalue weighted by Crippen LogP contribution is 2.32. The Hall–Kier alpha value is -3.35. The molecule has 0 aliphatic carbocycles. The number of hydrogen-bond acceptors (Lipinski definition) is 4. The average Bonchev–Trinajstić information content (AvgIpc) is 3.21. The minimum absolute atomic E-state index is 0.0869. The van der Waals surface area contributed by atoms with Crippen molar-refractivity contribution in [3.8, 4) is 0 Å². The largest absolute Gasteiger partial charge is 0.450 e. The highest BCUT2D eigenvalue weighted by atomic mass is 16.6. The predicted octanol–water partition coefficient (Wildman–Crippen LogP) is 3.77. The van der Waals surface area contributed by atoms with Gasteiger partial charge in [-0.3, -0.25) is 4.79 Å². The molecule has 1 saturated heterocycles. The van der Waals surface area contributed by atoms with Gasteiger partial charge in [0.15, 0.2) is 0 Å². The second-order valence-electron chi connectivity index (χ2n) is 8.30. The maximum Gasteiger partial charge on any atom is 0.409 e. The minimum Gasteiger partial charge on any atom is -0.450 e. The first kappa shape index (κ1) is 21.9. The standard InChI is InChI=1S/C25H30N4O3/c1-4-32-25(31)28-13-11-27(12-14-28)24(30)16-21(20-8-6-5-7-19(20)3)22-17-26-23-15-18(2)9-10-29(22)23/h5-10,15,17,21H,4,11-14,16H2,1-3H3. The van der Waals surface area contributed by atoms with Gasteiger partial charge in [0.25, 0.3) is 0 Å².